The molecular weight excluding hydrogens is 1050 g/mol. The number of nitrogens with one attached hydrogen (secondary N) is 1. The molecular formula is C69H127NO13. The Kier molecular flexibility index (Phi) is 50.2. The van der Waals surface area contributed by atoms with Crippen LogP contribution >= 0.6 is 0 Å². The standard InChI is InChI=1S/C69H127NO13/c1-3-5-7-9-11-13-15-17-19-20-21-22-23-24-25-26-27-28-29-30-31-32-33-34-35-36-37-38-39-41-43-45-47-49-51-53-61(74)70-57(58(73)52-50-48-46-44-42-40-18-16-14-12-10-8-6-4-2)56-80-68-66(79)64(77)67(60(55-72)82-68)83-69-65(78)63(76)62(75)59(54-71)81-69/h5,7,11,13,17,19,21-22,57-60,62-69,71-73,75-79H,3-4,6,8-10,12,14-16,18,20,23-56H2,1-2H3,(H,70,74)/b7-5-,13-11-,19-17-,22-21-. The van der Waals surface area contributed by atoms with Gasteiger partial charge in [0.2, 0.25) is 5.91 Å². The molecule has 2 rings (SSSR count). The molecule has 2 fully saturated rings. The summed E-state index contributed by atoms with van der Waals surface area (Å²) >= 11 is 0. The van der Waals surface area contributed by atoms with Gasteiger partial charge in [0.05, 0.1) is 32.0 Å². The second kappa shape index (κ2) is 54.1. The zero-order chi connectivity index (χ0) is 60.2. The van der Waals surface area contributed by atoms with Crippen molar-refractivity contribution in [2.24, 2.45) is 0 Å². The Morgan fingerprint density at radius 2 is 0.831 bits per heavy atom. The lowest BCUT2D eigenvalue weighted by molar-refractivity contribution is -0.359. The van der Waals surface area contributed by atoms with Crippen LogP contribution in [0.1, 0.15) is 290 Å². The van der Waals surface area contributed by atoms with Gasteiger partial charge in [-0.1, -0.05) is 281 Å². The molecule has 0 aromatic carbocycles. The van der Waals surface area contributed by atoms with Crippen LogP contribution < -0.4 is 5.32 Å². The number of hydrogen-bond acceptors (Lipinski definition) is 13. The van der Waals surface area contributed by atoms with E-state index in [-0.39, 0.29) is 12.5 Å². The van der Waals surface area contributed by atoms with Crippen molar-refractivity contribution in [3.63, 3.8) is 0 Å². The number of rotatable bonds is 56. The van der Waals surface area contributed by atoms with E-state index < -0.39 is 86.8 Å². The van der Waals surface area contributed by atoms with Gasteiger partial charge >= 0.3 is 0 Å². The van der Waals surface area contributed by atoms with E-state index in [4.69, 9.17) is 18.9 Å². The number of unbranched alkanes of at least 4 members (excludes halogenated alkanes) is 35. The summed E-state index contributed by atoms with van der Waals surface area (Å²) in [5.74, 6) is -0.202. The Bertz CT molecular complexity index is 1580. The zero-order valence-electron chi connectivity index (χ0n) is 52.7. The molecule has 2 heterocycles. The molecule has 0 aliphatic carbocycles. The van der Waals surface area contributed by atoms with Gasteiger partial charge in [0.1, 0.15) is 48.8 Å². The molecule has 0 radical (unpaired) electrons. The maximum atomic E-state index is 13.3. The lowest BCUT2D eigenvalue weighted by Crippen LogP contribution is -2.65. The van der Waals surface area contributed by atoms with Crippen LogP contribution in [0.15, 0.2) is 48.6 Å². The first-order chi connectivity index (χ1) is 40.6. The number of carbonyl (C=O) groups is 1. The predicted molar refractivity (Wildman–Crippen MR) is 337 cm³/mol. The molecule has 0 spiro atoms. The average molecular weight is 1180 g/mol. The van der Waals surface area contributed by atoms with E-state index in [0.717, 1.165) is 77.0 Å². The first-order valence-electron chi connectivity index (χ1n) is 34.4. The van der Waals surface area contributed by atoms with Gasteiger partial charge in [0, 0.05) is 6.42 Å². The molecule has 0 saturated carbocycles. The normalized spacial score (nSPS) is 24.1. The van der Waals surface area contributed by atoms with Gasteiger partial charge in [0.15, 0.2) is 12.6 Å². The first kappa shape index (κ1) is 77.0. The second-order valence-electron chi connectivity index (χ2n) is 24.3. The minimum absolute atomic E-state index is 0.202. The Hall–Kier alpha value is -2.05. The minimum atomic E-state index is -1.78. The molecule has 12 atom stereocenters. The number of aliphatic hydroxyl groups is 8. The Labute approximate surface area is 505 Å². The van der Waals surface area contributed by atoms with Crippen LogP contribution in [0.5, 0.6) is 0 Å². The molecule has 0 aromatic heterocycles. The van der Waals surface area contributed by atoms with E-state index in [1.807, 2.05) is 0 Å². The first-order valence-corrected chi connectivity index (χ1v) is 34.4. The topological polar surface area (TPSA) is 228 Å². The SMILES string of the molecule is CC/C=C\C/C=C\C/C=C\C/C=C\CCCCCCCCCCCCCCCCCCCCCCCCC(=O)NC(COC1OC(CO)C(OC2OC(CO)C(O)C(O)C2O)C(O)C1O)C(O)CCCCCCCCCCCCCCCC. The molecule has 0 aromatic rings. The van der Waals surface area contributed by atoms with Crippen molar-refractivity contribution in [2.45, 2.75) is 364 Å². The third-order valence-electron chi connectivity index (χ3n) is 16.8. The predicted octanol–water partition coefficient (Wildman–Crippen LogP) is 13.5. The third-order valence-corrected chi connectivity index (χ3v) is 16.8. The lowest BCUT2D eigenvalue weighted by atomic mass is 9.97. The second-order valence-corrected chi connectivity index (χ2v) is 24.3. The quantitative estimate of drug-likeness (QED) is 0.0204. The lowest BCUT2D eigenvalue weighted by Gasteiger charge is -2.46. The van der Waals surface area contributed by atoms with E-state index in [1.54, 1.807) is 0 Å². The van der Waals surface area contributed by atoms with Crippen molar-refractivity contribution in [1.82, 2.24) is 5.32 Å². The van der Waals surface area contributed by atoms with E-state index in [1.165, 1.54) is 186 Å². The van der Waals surface area contributed by atoms with Crippen LogP contribution in [0.4, 0.5) is 0 Å². The van der Waals surface area contributed by atoms with Crippen LogP contribution in [0.3, 0.4) is 0 Å². The van der Waals surface area contributed by atoms with Crippen LogP contribution in [-0.4, -0.2) is 140 Å². The van der Waals surface area contributed by atoms with E-state index in [2.05, 4.69) is 67.8 Å². The van der Waals surface area contributed by atoms with Crippen molar-refractivity contribution < 1.29 is 64.6 Å². The number of hydrogen-bond donors (Lipinski definition) is 9. The van der Waals surface area contributed by atoms with Crippen LogP contribution in [-0.2, 0) is 23.7 Å². The number of amides is 1. The fraction of sp³-hybridized carbons (Fsp3) is 0.870. The summed E-state index contributed by atoms with van der Waals surface area (Å²) in [5.41, 5.74) is 0. The van der Waals surface area contributed by atoms with Crippen LogP contribution in [0.2, 0.25) is 0 Å². The molecule has 1 amide bonds. The fourth-order valence-corrected chi connectivity index (χ4v) is 11.3. The molecule has 2 saturated heterocycles. The molecule has 83 heavy (non-hydrogen) atoms. The van der Waals surface area contributed by atoms with Gasteiger partial charge < -0.3 is 65.1 Å². The third kappa shape index (κ3) is 38.8. The monoisotopic (exact) mass is 1180 g/mol. The van der Waals surface area contributed by atoms with Crippen molar-refractivity contribution >= 4 is 5.91 Å². The van der Waals surface area contributed by atoms with Gasteiger partial charge in [-0.05, 0) is 51.4 Å². The van der Waals surface area contributed by atoms with E-state index in [9.17, 15) is 45.6 Å². The van der Waals surface area contributed by atoms with Gasteiger partial charge in [-0.25, -0.2) is 0 Å². The molecule has 14 nitrogen and oxygen atoms in total. The van der Waals surface area contributed by atoms with Gasteiger partial charge in [-0.15, -0.1) is 0 Å². The molecule has 2 aliphatic heterocycles. The summed E-state index contributed by atoms with van der Waals surface area (Å²) in [4.78, 5) is 13.3. The largest absolute Gasteiger partial charge is 0.394 e. The highest BCUT2D eigenvalue weighted by molar-refractivity contribution is 5.76. The molecule has 12 unspecified atom stereocenters. The van der Waals surface area contributed by atoms with Crippen molar-refractivity contribution in [2.75, 3.05) is 19.8 Å². The molecule has 9 N–H and O–H groups in total. The summed E-state index contributed by atoms with van der Waals surface area (Å²) in [7, 11) is 0. The summed E-state index contributed by atoms with van der Waals surface area (Å²) < 4.78 is 22.9. The Balaban J connectivity index is 1.59. The van der Waals surface area contributed by atoms with Crippen LogP contribution in [0, 0.1) is 0 Å². The number of aliphatic hydroxyl groups excluding tert-OH is 8. The summed E-state index contributed by atoms with van der Waals surface area (Å²) in [5, 5.41) is 87.4. The van der Waals surface area contributed by atoms with Crippen LogP contribution in [0.25, 0.3) is 0 Å². The summed E-state index contributed by atoms with van der Waals surface area (Å²) in [6.45, 7) is 2.77. The minimum Gasteiger partial charge on any atom is -0.394 e. The molecule has 486 valence electrons. The maximum Gasteiger partial charge on any atom is 0.220 e. The highest BCUT2D eigenvalue weighted by atomic mass is 16.7. The summed E-state index contributed by atoms with van der Waals surface area (Å²) in [6, 6.07) is -0.827. The highest BCUT2D eigenvalue weighted by Gasteiger charge is 2.51. The number of allylic oxidation sites excluding steroid dienone is 8. The van der Waals surface area contributed by atoms with E-state index >= 15 is 0 Å². The van der Waals surface area contributed by atoms with Crippen molar-refractivity contribution in [3.8, 4) is 0 Å². The molecule has 14 heteroatoms. The molecule has 0 bridgehead atoms. The Morgan fingerprint density at radius 1 is 0.446 bits per heavy atom. The summed E-state index contributed by atoms with van der Waals surface area (Å²) in [6.07, 6.45) is 52.8. The number of ether oxygens (including phenoxy) is 4. The highest BCUT2D eigenvalue weighted by Crippen LogP contribution is 2.30. The Morgan fingerprint density at radius 3 is 1.28 bits per heavy atom. The van der Waals surface area contributed by atoms with Gasteiger partial charge in [-0.3, -0.25) is 4.79 Å². The zero-order valence-corrected chi connectivity index (χ0v) is 52.7. The van der Waals surface area contributed by atoms with Crippen molar-refractivity contribution in [3.05, 3.63) is 48.6 Å². The van der Waals surface area contributed by atoms with Gasteiger partial charge in [0.25, 0.3) is 0 Å². The smallest absolute Gasteiger partial charge is 0.220 e. The van der Waals surface area contributed by atoms with Gasteiger partial charge in [-0.2, -0.15) is 0 Å². The number of carbonyl (C=O) groups excluding carboxylic acids is 1. The maximum absolute atomic E-state index is 13.3. The van der Waals surface area contributed by atoms with E-state index in [0.29, 0.717) is 12.8 Å². The average Bonchev–Trinajstić information content (AvgIpc) is 3.64. The van der Waals surface area contributed by atoms with Crippen molar-refractivity contribution in [1.29, 1.82) is 0 Å². The fourth-order valence-electron chi connectivity index (χ4n) is 11.3. The molecule has 2 aliphatic rings.